The smallest absolute Gasteiger partial charge is 0.257 e. The molecule has 1 aromatic rings. The first-order chi connectivity index (χ1) is 8.09. The first-order valence-corrected chi connectivity index (χ1v) is 5.62. The van der Waals surface area contributed by atoms with Crippen molar-refractivity contribution in [2.75, 3.05) is 26.2 Å². The Morgan fingerprint density at radius 1 is 1.22 bits per heavy atom. The maximum atomic E-state index is 13.5. The average Bonchev–Trinajstić information content (AvgIpc) is 2.34. The van der Waals surface area contributed by atoms with E-state index in [2.05, 4.69) is 5.32 Å². The molecule has 0 bridgehead atoms. The summed E-state index contributed by atoms with van der Waals surface area (Å²) in [4.78, 5) is 13.4. The lowest BCUT2D eigenvalue weighted by atomic mass is 10.1. The van der Waals surface area contributed by atoms with Crippen molar-refractivity contribution in [1.82, 2.24) is 10.2 Å². The third-order valence-electron chi connectivity index (χ3n) is 2.64. The summed E-state index contributed by atoms with van der Waals surface area (Å²) in [6, 6.07) is 1.67. The second-order valence-electron chi connectivity index (χ2n) is 3.79. The van der Waals surface area contributed by atoms with Crippen molar-refractivity contribution in [3.05, 3.63) is 34.4 Å². The molecule has 0 atom stereocenters. The molecule has 0 unspecified atom stereocenters. The summed E-state index contributed by atoms with van der Waals surface area (Å²) >= 11 is 5.43. The minimum atomic E-state index is -0.792. The molecule has 1 aliphatic rings. The van der Waals surface area contributed by atoms with Gasteiger partial charge in [-0.25, -0.2) is 8.78 Å². The molecule has 1 aromatic carbocycles. The van der Waals surface area contributed by atoms with E-state index >= 15 is 0 Å². The molecule has 0 radical (unpaired) electrons. The molecule has 1 amide bonds. The van der Waals surface area contributed by atoms with Crippen molar-refractivity contribution in [3.8, 4) is 0 Å². The molecule has 100 valence electrons. The van der Waals surface area contributed by atoms with Crippen molar-refractivity contribution in [2.45, 2.75) is 0 Å². The third-order valence-corrected chi connectivity index (χ3v) is 2.93. The van der Waals surface area contributed by atoms with E-state index in [0.29, 0.717) is 26.2 Å². The van der Waals surface area contributed by atoms with Crippen LogP contribution < -0.4 is 5.32 Å². The number of piperazine rings is 1. The summed E-state index contributed by atoms with van der Waals surface area (Å²) < 4.78 is 26.7. The van der Waals surface area contributed by atoms with E-state index in [1.807, 2.05) is 0 Å². The highest BCUT2D eigenvalue weighted by molar-refractivity contribution is 6.30. The van der Waals surface area contributed by atoms with Crippen LogP contribution in [-0.4, -0.2) is 37.0 Å². The van der Waals surface area contributed by atoms with Gasteiger partial charge >= 0.3 is 0 Å². The highest BCUT2D eigenvalue weighted by Crippen LogP contribution is 2.20. The van der Waals surface area contributed by atoms with Gasteiger partial charge in [-0.3, -0.25) is 4.79 Å². The molecular formula is C11H12Cl2F2N2O. The summed E-state index contributed by atoms with van der Waals surface area (Å²) in [6.45, 7) is 2.29. The predicted molar refractivity (Wildman–Crippen MR) is 67.4 cm³/mol. The molecule has 0 spiro atoms. The molecule has 1 fully saturated rings. The monoisotopic (exact) mass is 296 g/mol. The second kappa shape index (κ2) is 6.31. The van der Waals surface area contributed by atoms with Crippen LogP contribution in [0.5, 0.6) is 0 Å². The van der Waals surface area contributed by atoms with Crippen LogP contribution in [0, 0.1) is 11.6 Å². The summed E-state index contributed by atoms with van der Waals surface area (Å²) in [6.07, 6.45) is 0. The van der Waals surface area contributed by atoms with Crippen LogP contribution in [0.3, 0.4) is 0 Å². The second-order valence-corrected chi connectivity index (χ2v) is 4.20. The molecule has 1 heterocycles. The number of amides is 1. The van der Waals surface area contributed by atoms with Crippen LogP contribution >= 0.6 is 24.0 Å². The molecular weight excluding hydrogens is 285 g/mol. The number of benzene rings is 1. The van der Waals surface area contributed by atoms with Crippen molar-refractivity contribution >= 4 is 29.9 Å². The highest BCUT2D eigenvalue weighted by Gasteiger charge is 2.22. The molecule has 0 saturated carbocycles. The molecule has 1 aliphatic heterocycles. The fourth-order valence-electron chi connectivity index (χ4n) is 1.72. The lowest BCUT2D eigenvalue weighted by molar-refractivity contribution is 0.0730. The van der Waals surface area contributed by atoms with Gasteiger partial charge in [0.25, 0.3) is 5.91 Å². The largest absolute Gasteiger partial charge is 0.336 e. The van der Waals surface area contributed by atoms with Gasteiger partial charge in [0.15, 0.2) is 0 Å². The SMILES string of the molecule is Cl.O=C(c1cc(F)c(Cl)cc1F)N1CCNCC1. The Kier molecular flexibility index (Phi) is 5.31. The predicted octanol–water partition coefficient (Wildman–Crippen LogP) is 2.09. The summed E-state index contributed by atoms with van der Waals surface area (Å²) in [5.74, 6) is -2.08. The number of halogens is 4. The number of carbonyl (C=O) groups is 1. The van der Waals surface area contributed by atoms with E-state index in [9.17, 15) is 13.6 Å². The van der Waals surface area contributed by atoms with Crippen LogP contribution in [0.15, 0.2) is 12.1 Å². The van der Waals surface area contributed by atoms with Crippen LogP contribution in [0.4, 0.5) is 8.78 Å². The topological polar surface area (TPSA) is 32.3 Å². The van der Waals surface area contributed by atoms with Gasteiger partial charge < -0.3 is 10.2 Å². The normalized spacial score (nSPS) is 15.2. The molecule has 3 nitrogen and oxygen atoms in total. The first-order valence-electron chi connectivity index (χ1n) is 5.24. The number of nitrogens with zero attached hydrogens (tertiary/aromatic N) is 1. The Labute approximate surface area is 115 Å². The Hall–Kier alpha value is -0.910. The van der Waals surface area contributed by atoms with Gasteiger partial charge in [0.1, 0.15) is 11.6 Å². The molecule has 0 aromatic heterocycles. The van der Waals surface area contributed by atoms with Gasteiger partial charge in [0.05, 0.1) is 10.6 Å². The van der Waals surface area contributed by atoms with Crippen LogP contribution in [0.2, 0.25) is 5.02 Å². The zero-order valence-corrected chi connectivity index (χ0v) is 11.0. The molecule has 7 heteroatoms. The number of rotatable bonds is 1. The molecule has 1 N–H and O–H groups in total. The lowest BCUT2D eigenvalue weighted by Crippen LogP contribution is -2.46. The van der Waals surface area contributed by atoms with Gasteiger partial charge in [-0.05, 0) is 12.1 Å². The fraction of sp³-hybridized carbons (Fsp3) is 0.364. The zero-order chi connectivity index (χ0) is 12.4. The van der Waals surface area contributed by atoms with Crippen molar-refractivity contribution in [2.24, 2.45) is 0 Å². The van der Waals surface area contributed by atoms with E-state index in [-0.39, 0.29) is 23.0 Å². The maximum Gasteiger partial charge on any atom is 0.257 e. The Balaban J connectivity index is 0.00000162. The van der Waals surface area contributed by atoms with Crippen molar-refractivity contribution < 1.29 is 13.6 Å². The van der Waals surface area contributed by atoms with E-state index in [4.69, 9.17) is 11.6 Å². The molecule has 18 heavy (non-hydrogen) atoms. The molecule has 1 saturated heterocycles. The van der Waals surface area contributed by atoms with Gasteiger partial charge in [-0.2, -0.15) is 0 Å². The van der Waals surface area contributed by atoms with E-state index in [0.717, 1.165) is 12.1 Å². The Morgan fingerprint density at radius 3 is 2.44 bits per heavy atom. The molecule has 2 rings (SSSR count). The number of hydrogen-bond acceptors (Lipinski definition) is 2. The van der Waals surface area contributed by atoms with Gasteiger partial charge in [-0.1, -0.05) is 11.6 Å². The Morgan fingerprint density at radius 2 is 1.83 bits per heavy atom. The lowest BCUT2D eigenvalue weighted by Gasteiger charge is -2.27. The standard InChI is InChI=1S/C11H11ClF2N2O.ClH/c12-8-6-9(13)7(5-10(8)14)11(17)16-3-1-15-2-4-16;/h5-6,15H,1-4H2;1H. The summed E-state index contributed by atoms with van der Waals surface area (Å²) in [5, 5.41) is 2.75. The third kappa shape index (κ3) is 3.10. The van der Waals surface area contributed by atoms with Crippen molar-refractivity contribution in [3.63, 3.8) is 0 Å². The van der Waals surface area contributed by atoms with Crippen molar-refractivity contribution in [1.29, 1.82) is 0 Å². The van der Waals surface area contributed by atoms with Gasteiger partial charge in [0, 0.05) is 26.2 Å². The van der Waals surface area contributed by atoms with E-state index in [1.54, 1.807) is 0 Å². The van der Waals surface area contributed by atoms with Gasteiger partial charge in [-0.15, -0.1) is 12.4 Å². The highest BCUT2D eigenvalue weighted by atomic mass is 35.5. The minimum Gasteiger partial charge on any atom is -0.336 e. The Bertz CT molecular complexity index is 451. The van der Waals surface area contributed by atoms with Crippen LogP contribution in [-0.2, 0) is 0 Å². The van der Waals surface area contributed by atoms with E-state index in [1.165, 1.54) is 4.90 Å². The van der Waals surface area contributed by atoms with Crippen LogP contribution in [0.25, 0.3) is 0 Å². The summed E-state index contributed by atoms with van der Waals surface area (Å²) in [5.41, 5.74) is -0.270. The fourth-order valence-corrected chi connectivity index (χ4v) is 1.88. The quantitative estimate of drug-likeness (QED) is 0.805. The van der Waals surface area contributed by atoms with E-state index < -0.39 is 17.5 Å². The zero-order valence-electron chi connectivity index (χ0n) is 9.38. The molecule has 0 aliphatic carbocycles. The number of hydrogen-bond donors (Lipinski definition) is 1. The van der Waals surface area contributed by atoms with Gasteiger partial charge in [0.2, 0.25) is 0 Å². The first kappa shape index (κ1) is 15.1. The maximum absolute atomic E-state index is 13.5. The number of carbonyl (C=O) groups excluding carboxylic acids is 1. The van der Waals surface area contributed by atoms with Crippen LogP contribution in [0.1, 0.15) is 10.4 Å². The average molecular weight is 297 g/mol. The minimum absolute atomic E-state index is 0. The summed E-state index contributed by atoms with van der Waals surface area (Å²) in [7, 11) is 0. The number of nitrogens with one attached hydrogen (secondary N) is 1.